The van der Waals surface area contributed by atoms with E-state index >= 15 is 0 Å². The van der Waals surface area contributed by atoms with E-state index in [2.05, 4.69) is 11.5 Å². The Kier molecular flexibility index (Phi) is 26.1. The summed E-state index contributed by atoms with van der Waals surface area (Å²) in [5.74, 6) is 0. The predicted octanol–water partition coefficient (Wildman–Crippen LogP) is -1.74. The minimum Gasteiger partial charge on any atom is -0.352 e. The Morgan fingerprint density at radius 3 is 1.33 bits per heavy atom. The van der Waals surface area contributed by atoms with Gasteiger partial charge in [-0.3, -0.25) is 0 Å². The molecular formula is CH4KN2NaO. The van der Waals surface area contributed by atoms with Gasteiger partial charge >= 0.3 is 6.03 Å². The summed E-state index contributed by atoms with van der Waals surface area (Å²) < 4.78 is 0. The van der Waals surface area contributed by atoms with E-state index in [0.717, 1.165) is 0 Å². The second kappa shape index (κ2) is 10.0. The molecular weight excluding hydrogens is 118 g/mol. The molecule has 0 saturated heterocycles. The van der Waals surface area contributed by atoms with Gasteiger partial charge in [0.1, 0.15) is 0 Å². The van der Waals surface area contributed by atoms with Crippen molar-refractivity contribution in [3.63, 3.8) is 0 Å². The first-order chi connectivity index (χ1) is 1.73. The Hall–Kier alpha value is 1.91. The Labute approximate surface area is 101 Å². The predicted molar refractivity (Wildman–Crippen MR) is 25.3 cm³/mol. The number of hydrogen-bond acceptors (Lipinski definition) is 1. The number of nitrogens with two attached hydrogens (primary N) is 2. The first-order valence-corrected chi connectivity index (χ1v) is 0.781. The monoisotopic (exact) mass is 122 g/mol. The average Bonchev–Trinajstić information content (AvgIpc) is 0.811. The van der Waals surface area contributed by atoms with Crippen molar-refractivity contribution in [1.82, 2.24) is 0 Å². The minimum absolute atomic E-state index is 0. The number of primary amides is 2. The molecule has 0 aliphatic heterocycles. The van der Waals surface area contributed by atoms with Crippen molar-refractivity contribution >= 4 is 87.0 Å². The average molecular weight is 122 g/mol. The Balaban J connectivity index is -0.0000000450. The zero-order valence-corrected chi connectivity index (χ0v) is 9.19. The van der Waals surface area contributed by atoms with Gasteiger partial charge in [0.2, 0.25) is 0 Å². The molecule has 2 radical (unpaired) electrons. The van der Waals surface area contributed by atoms with Crippen molar-refractivity contribution < 1.29 is 4.79 Å². The van der Waals surface area contributed by atoms with Crippen LogP contribution in [0.1, 0.15) is 0 Å². The largest absolute Gasteiger partial charge is 0.352 e. The maximum Gasteiger partial charge on any atom is 0.309 e. The van der Waals surface area contributed by atoms with Crippen LogP contribution in [-0.4, -0.2) is 87.0 Å². The third kappa shape index (κ3) is 39.1. The molecule has 0 aromatic heterocycles. The summed E-state index contributed by atoms with van der Waals surface area (Å²) in [6.07, 6.45) is 0. The van der Waals surface area contributed by atoms with Gasteiger partial charge < -0.3 is 11.5 Å². The number of amides is 2. The van der Waals surface area contributed by atoms with E-state index in [1.807, 2.05) is 0 Å². The summed E-state index contributed by atoms with van der Waals surface area (Å²) in [6, 6.07) is -0.833. The number of urea groups is 1. The normalized spacial score (nSPS) is 4.00. The third-order valence-corrected chi connectivity index (χ3v) is 0. The van der Waals surface area contributed by atoms with Gasteiger partial charge in [-0.05, 0) is 0 Å². The molecule has 4 N–H and O–H groups in total. The van der Waals surface area contributed by atoms with Crippen LogP contribution in [0.5, 0.6) is 0 Å². The Morgan fingerprint density at radius 1 is 1.33 bits per heavy atom. The molecule has 0 aliphatic carbocycles. The standard InChI is InChI=1S/CH4N2O.K.Na/c2-1(3)4;;/h(H4,2,3,4);;. The fraction of sp³-hybridized carbons (Fsp3) is 0. The van der Waals surface area contributed by atoms with E-state index in [9.17, 15) is 0 Å². The van der Waals surface area contributed by atoms with E-state index in [-0.39, 0.29) is 80.9 Å². The maximum absolute atomic E-state index is 9.00. The number of carbonyl (C=O) groups excluding carboxylic acids is 1. The topological polar surface area (TPSA) is 69.1 Å². The van der Waals surface area contributed by atoms with Crippen LogP contribution in [0, 0.1) is 0 Å². The fourth-order valence-corrected chi connectivity index (χ4v) is 0. The van der Waals surface area contributed by atoms with Gasteiger partial charge in [-0.1, -0.05) is 0 Å². The van der Waals surface area contributed by atoms with Crippen LogP contribution in [0.3, 0.4) is 0 Å². The molecule has 0 saturated carbocycles. The van der Waals surface area contributed by atoms with Gasteiger partial charge in [0.05, 0.1) is 0 Å². The van der Waals surface area contributed by atoms with Crippen molar-refractivity contribution in [1.29, 1.82) is 0 Å². The molecule has 0 spiro atoms. The van der Waals surface area contributed by atoms with Crippen molar-refractivity contribution in [2.24, 2.45) is 11.5 Å². The summed E-state index contributed by atoms with van der Waals surface area (Å²) >= 11 is 0. The minimum atomic E-state index is -0.833. The molecule has 0 atom stereocenters. The van der Waals surface area contributed by atoms with Crippen LogP contribution < -0.4 is 11.5 Å². The van der Waals surface area contributed by atoms with Crippen LogP contribution in [0.4, 0.5) is 4.79 Å². The van der Waals surface area contributed by atoms with Crippen molar-refractivity contribution in [3.8, 4) is 0 Å². The van der Waals surface area contributed by atoms with Crippen LogP contribution in [0.25, 0.3) is 0 Å². The molecule has 0 aliphatic rings. The van der Waals surface area contributed by atoms with E-state index < -0.39 is 6.03 Å². The van der Waals surface area contributed by atoms with Crippen molar-refractivity contribution in [3.05, 3.63) is 0 Å². The van der Waals surface area contributed by atoms with Crippen LogP contribution in [-0.2, 0) is 0 Å². The summed E-state index contributed by atoms with van der Waals surface area (Å²) in [4.78, 5) is 9.00. The molecule has 0 fully saturated rings. The Bertz CT molecular complexity index is 36.5. The van der Waals surface area contributed by atoms with E-state index in [4.69, 9.17) is 4.79 Å². The molecule has 0 aromatic carbocycles. The third-order valence-electron chi connectivity index (χ3n) is 0. The molecule has 0 aromatic rings. The molecule has 0 heterocycles. The molecule has 6 heavy (non-hydrogen) atoms. The van der Waals surface area contributed by atoms with E-state index in [1.54, 1.807) is 0 Å². The zero-order valence-electron chi connectivity index (χ0n) is 4.06. The van der Waals surface area contributed by atoms with Crippen LogP contribution in [0.15, 0.2) is 0 Å². The second-order valence-corrected chi connectivity index (χ2v) is 0.402. The zero-order chi connectivity index (χ0) is 3.58. The number of rotatable bonds is 0. The number of hydrogen-bond donors (Lipinski definition) is 2. The molecule has 0 unspecified atom stereocenters. The van der Waals surface area contributed by atoms with Gasteiger partial charge in [-0.25, -0.2) is 4.79 Å². The van der Waals surface area contributed by atoms with E-state index in [0.29, 0.717) is 0 Å². The van der Waals surface area contributed by atoms with Gasteiger partial charge in [-0.2, -0.15) is 0 Å². The van der Waals surface area contributed by atoms with Crippen LogP contribution >= 0.6 is 0 Å². The van der Waals surface area contributed by atoms with Gasteiger partial charge in [0, 0.05) is 80.9 Å². The quantitative estimate of drug-likeness (QED) is 0.368. The van der Waals surface area contributed by atoms with Gasteiger partial charge in [0.25, 0.3) is 0 Å². The summed E-state index contributed by atoms with van der Waals surface area (Å²) in [7, 11) is 0. The van der Waals surface area contributed by atoms with Crippen molar-refractivity contribution in [2.75, 3.05) is 0 Å². The summed E-state index contributed by atoms with van der Waals surface area (Å²) in [5.41, 5.74) is 8.50. The first kappa shape index (κ1) is 15.7. The second-order valence-electron chi connectivity index (χ2n) is 0.402. The SMILES string of the molecule is NC(N)=O.[K].[Na]. The molecule has 5 heteroatoms. The smallest absolute Gasteiger partial charge is 0.309 e. The van der Waals surface area contributed by atoms with Gasteiger partial charge in [-0.15, -0.1) is 0 Å². The van der Waals surface area contributed by atoms with Gasteiger partial charge in [0.15, 0.2) is 0 Å². The fourth-order valence-electron chi connectivity index (χ4n) is 0. The molecule has 3 nitrogen and oxygen atoms in total. The first-order valence-electron chi connectivity index (χ1n) is 0.781. The number of carbonyl (C=O) groups is 1. The molecule has 26 valence electrons. The Morgan fingerprint density at radius 2 is 1.33 bits per heavy atom. The maximum atomic E-state index is 9.00. The van der Waals surface area contributed by atoms with Crippen LogP contribution in [0.2, 0.25) is 0 Å². The summed E-state index contributed by atoms with van der Waals surface area (Å²) in [6.45, 7) is 0. The van der Waals surface area contributed by atoms with E-state index in [1.165, 1.54) is 0 Å². The molecule has 2 amide bonds. The van der Waals surface area contributed by atoms with Crippen molar-refractivity contribution in [2.45, 2.75) is 0 Å². The summed E-state index contributed by atoms with van der Waals surface area (Å²) in [5, 5.41) is 0. The molecule has 0 bridgehead atoms. The molecule has 0 rings (SSSR count).